The minimum absolute atomic E-state index is 0.158. The van der Waals surface area contributed by atoms with Gasteiger partial charge in [0, 0.05) is 11.9 Å². The monoisotopic (exact) mass is 290 g/mol. The maximum atomic E-state index is 11.9. The van der Waals surface area contributed by atoms with Crippen LogP contribution in [0.2, 0.25) is 0 Å². The highest BCUT2D eigenvalue weighted by molar-refractivity contribution is 5.81. The van der Waals surface area contributed by atoms with E-state index in [0.29, 0.717) is 5.69 Å². The largest absolute Gasteiger partial charge is 0.469 e. The average molecular weight is 290 g/mol. The van der Waals surface area contributed by atoms with Crippen molar-refractivity contribution in [2.45, 2.75) is 40.2 Å². The second kappa shape index (κ2) is 8.19. The summed E-state index contributed by atoms with van der Waals surface area (Å²) in [6, 6.07) is 7.51. The van der Waals surface area contributed by atoms with Gasteiger partial charge in [0.1, 0.15) is 0 Å². The van der Waals surface area contributed by atoms with E-state index >= 15 is 0 Å². The number of aryl methyl sites for hydroxylation is 2. The predicted octanol–water partition coefficient (Wildman–Crippen LogP) is 2.68. The number of rotatable bonds is 3. The number of hydrogen-bond acceptors (Lipinski definition) is 4. The van der Waals surface area contributed by atoms with Gasteiger partial charge >= 0.3 is 11.7 Å². The highest BCUT2D eigenvalue weighted by Crippen LogP contribution is 2.14. The molecule has 0 amide bonds. The van der Waals surface area contributed by atoms with Gasteiger partial charge in [-0.3, -0.25) is 9.36 Å². The van der Waals surface area contributed by atoms with E-state index in [0.717, 1.165) is 10.9 Å². The second-order valence-electron chi connectivity index (χ2n) is 4.68. The standard InChI is InChI=1S/C13H14N2O3.C3H8/c1-9-10-5-3-4-6-11(10)15(13(17)14-9)8-7-12(16)18-2;1-3-2/h3-6H,7-8H2,1-2H3;3H2,1-2H3. The van der Waals surface area contributed by atoms with Crippen LogP contribution in [-0.4, -0.2) is 22.6 Å². The molecule has 0 bridgehead atoms. The number of esters is 1. The zero-order chi connectivity index (χ0) is 15.8. The van der Waals surface area contributed by atoms with Gasteiger partial charge in [0.2, 0.25) is 0 Å². The van der Waals surface area contributed by atoms with Crippen molar-refractivity contribution in [2.75, 3.05) is 7.11 Å². The Morgan fingerprint density at radius 1 is 1.29 bits per heavy atom. The number of ether oxygens (including phenoxy) is 1. The third kappa shape index (κ3) is 4.41. The molecular weight excluding hydrogens is 268 g/mol. The van der Waals surface area contributed by atoms with Gasteiger partial charge < -0.3 is 4.74 Å². The van der Waals surface area contributed by atoms with E-state index in [1.165, 1.54) is 18.1 Å². The molecule has 0 aliphatic heterocycles. The number of fused-ring (bicyclic) bond motifs is 1. The van der Waals surface area contributed by atoms with Gasteiger partial charge in [0.05, 0.1) is 24.7 Å². The molecule has 1 aromatic carbocycles. The zero-order valence-corrected chi connectivity index (χ0v) is 13.0. The molecule has 2 aromatic rings. The molecule has 0 radical (unpaired) electrons. The summed E-state index contributed by atoms with van der Waals surface area (Å²) in [6.45, 7) is 6.33. The molecule has 1 aromatic heterocycles. The van der Waals surface area contributed by atoms with Crippen LogP contribution in [0.4, 0.5) is 0 Å². The van der Waals surface area contributed by atoms with Crippen LogP contribution in [0.1, 0.15) is 32.4 Å². The van der Waals surface area contributed by atoms with E-state index in [-0.39, 0.29) is 24.6 Å². The lowest BCUT2D eigenvalue weighted by molar-refractivity contribution is -0.140. The Morgan fingerprint density at radius 3 is 2.52 bits per heavy atom. The lowest BCUT2D eigenvalue weighted by Gasteiger charge is -2.10. The number of carbonyl (C=O) groups excluding carboxylic acids is 1. The maximum Gasteiger partial charge on any atom is 0.348 e. The van der Waals surface area contributed by atoms with Crippen LogP contribution >= 0.6 is 0 Å². The highest BCUT2D eigenvalue weighted by Gasteiger charge is 2.09. The molecule has 5 nitrogen and oxygen atoms in total. The number of para-hydroxylation sites is 1. The summed E-state index contributed by atoms with van der Waals surface area (Å²) in [5.41, 5.74) is 1.15. The molecule has 21 heavy (non-hydrogen) atoms. The second-order valence-corrected chi connectivity index (χ2v) is 4.68. The number of methoxy groups -OCH3 is 1. The topological polar surface area (TPSA) is 61.2 Å². The summed E-state index contributed by atoms with van der Waals surface area (Å²) in [5.74, 6) is -0.341. The Morgan fingerprint density at radius 2 is 1.90 bits per heavy atom. The lowest BCUT2D eigenvalue weighted by atomic mass is 10.2. The summed E-state index contributed by atoms with van der Waals surface area (Å²) >= 11 is 0. The van der Waals surface area contributed by atoms with Crippen molar-refractivity contribution in [3.05, 3.63) is 40.4 Å². The zero-order valence-electron chi connectivity index (χ0n) is 13.0. The van der Waals surface area contributed by atoms with Crippen molar-refractivity contribution in [2.24, 2.45) is 0 Å². The fourth-order valence-corrected chi connectivity index (χ4v) is 1.90. The van der Waals surface area contributed by atoms with Crippen molar-refractivity contribution in [1.29, 1.82) is 0 Å². The first-order valence-corrected chi connectivity index (χ1v) is 7.08. The molecule has 0 atom stereocenters. The smallest absolute Gasteiger partial charge is 0.348 e. The summed E-state index contributed by atoms with van der Waals surface area (Å²) in [5, 5.41) is 0.918. The predicted molar refractivity (Wildman–Crippen MR) is 83.3 cm³/mol. The first kappa shape index (κ1) is 16.9. The fourth-order valence-electron chi connectivity index (χ4n) is 1.90. The van der Waals surface area contributed by atoms with Crippen molar-refractivity contribution in [1.82, 2.24) is 9.55 Å². The van der Waals surface area contributed by atoms with E-state index in [1.54, 1.807) is 6.92 Å². The third-order valence-electron chi connectivity index (χ3n) is 2.85. The van der Waals surface area contributed by atoms with Crippen molar-refractivity contribution < 1.29 is 9.53 Å². The minimum atomic E-state index is -0.341. The first-order valence-electron chi connectivity index (χ1n) is 7.08. The Kier molecular flexibility index (Phi) is 6.59. The van der Waals surface area contributed by atoms with E-state index in [9.17, 15) is 9.59 Å². The average Bonchev–Trinajstić information content (AvgIpc) is 2.47. The first-order chi connectivity index (χ1) is 10.0. The molecule has 0 fully saturated rings. The van der Waals surface area contributed by atoms with Crippen LogP contribution in [0.25, 0.3) is 10.9 Å². The Labute approximate surface area is 124 Å². The molecule has 0 saturated heterocycles. The van der Waals surface area contributed by atoms with E-state index in [1.807, 2.05) is 24.3 Å². The van der Waals surface area contributed by atoms with Crippen LogP contribution in [0.15, 0.2) is 29.1 Å². The van der Waals surface area contributed by atoms with Crippen molar-refractivity contribution in [3.63, 3.8) is 0 Å². The van der Waals surface area contributed by atoms with Crippen molar-refractivity contribution >= 4 is 16.9 Å². The Balaban J connectivity index is 0.000000677. The van der Waals surface area contributed by atoms with Gasteiger partial charge in [-0.1, -0.05) is 38.5 Å². The summed E-state index contributed by atoms with van der Waals surface area (Å²) < 4.78 is 6.07. The highest BCUT2D eigenvalue weighted by atomic mass is 16.5. The van der Waals surface area contributed by atoms with Crippen LogP contribution in [-0.2, 0) is 16.1 Å². The Bertz CT molecular complexity index is 662. The number of nitrogens with zero attached hydrogens (tertiary/aromatic N) is 2. The van der Waals surface area contributed by atoms with Crippen molar-refractivity contribution in [3.8, 4) is 0 Å². The summed E-state index contributed by atoms with van der Waals surface area (Å²) in [4.78, 5) is 27.0. The van der Waals surface area contributed by atoms with Crippen LogP contribution < -0.4 is 5.69 Å². The van der Waals surface area contributed by atoms with Gasteiger partial charge in [0.15, 0.2) is 0 Å². The molecule has 2 rings (SSSR count). The molecular formula is C16H22N2O3. The van der Waals surface area contributed by atoms with Gasteiger partial charge in [-0.25, -0.2) is 4.79 Å². The lowest BCUT2D eigenvalue weighted by Crippen LogP contribution is -2.25. The molecule has 0 aliphatic carbocycles. The molecule has 1 heterocycles. The normalized spacial score (nSPS) is 9.90. The van der Waals surface area contributed by atoms with Gasteiger partial charge in [-0.15, -0.1) is 0 Å². The molecule has 0 aliphatic rings. The molecule has 0 saturated carbocycles. The minimum Gasteiger partial charge on any atom is -0.469 e. The van der Waals surface area contributed by atoms with Gasteiger partial charge in [-0.2, -0.15) is 4.98 Å². The fraction of sp³-hybridized carbons (Fsp3) is 0.438. The van der Waals surface area contributed by atoms with Crippen LogP contribution in [0.5, 0.6) is 0 Å². The quantitative estimate of drug-likeness (QED) is 0.815. The molecule has 0 N–H and O–H groups in total. The maximum absolute atomic E-state index is 11.9. The SMILES string of the molecule is CCC.COC(=O)CCn1c(=O)nc(C)c2ccccc21. The van der Waals surface area contributed by atoms with Crippen LogP contribution in [0, 0.1) is 6.92 Å². The molecule has 114 valence electrons. The molecule has 0 unspecified atom stereocenters. The third-order valence-corrected chi connectivity index (χ3v) is 2.85. The van der Waals surface area contributed by atoms with E-state index in [4.69, 9.17) is 0 Å². The van der Waals surface area contributed by atoms with Crippen LogP contribution in [0.3, 0.4) is 0 Å². The number of aromatic nitrogens is 2. The van der Waals surface area contributed by atoms with Gasteiger partial charge in [-0.05, 0) is 13.0 Å². The summed E-state index contributed by atoms with van der Waals surface area (Å²) in [6.07, 6.45) is 1.41. The number of carbonyl (C=O) groups is 1. The number of benzene rings is 1. The molecule has 5 heteroatoms. The van der Waals surface area contributed by atoms with E-state index < -0.39 is 0 Å². The molecule has 0 spiro atoms. The Hall–Kier alpha value is -2.17. The van der Waals surface area contributed by atoms with E-state index in [2.05, 4.69) is 23.6 Å². The number of hydrogen-bond donors (Lipinski definition) is 0. The summed E-state index contributed by atoms with van der Waals surface area (Å²) in [7, 11) is 1.33. The van der Waals surface area contributed by atoms with Gasteiger partial charge in [0.25, 0.3) is 0 Å².